The van der Waals surface area contributed by atoms with Crippen LogP contribution in [0.1, 0.15) is 57.6 Å². The van der Waals surface area contributed by atoms with E-state index in [2.05, 4.69) is 31.1 Å². The van der Waals surface area contributed by atoms with E-state index in [0.29, 0.717) is 0 Å². The van der Waals surface area contributed by atoms with Crippen LogP contribution in [0.25, 0.3) is 0 Å². The number of rotatable bonds is 3. The molecule has 0 atom stereocenters. The lowest BCUT2D eigenvalue weighted by atomic mass is 9.86. The largest absolute Gasteiger partial charge is 0.507 e. The topological polar surface area (TPSA) is 87.7 Å². The summed E-state index contributed by atoms with van der Waals surface area (Å²) in [5.74, 6) is 0.255. The van der Waals surface area contributed by atoms with Gasteiger partial charge in [-0.3, -0.25) is 4.99 Å². The van der Waals surface area contributed by atoms with Gasteiger partial charge >= 0.3 is 6.03 Å². The van der Waals surface area contributed by atoms with Gasteiger partial charge in [0.25, 0.3) is 0 Å². The van der Waals surface area contributed by atoms with Crippen LogP contribution in [-0.4, -0.2) is 29.4 Å². The molecule has 5 heteroatoms. The van der Waals surface area contributed by atoms with E-state index in [-0.39, 0.29) is 23.2 Å². The number of aromatic hydroxyl groups is 1. The number of hydrogen-bond donors (Lipinski definition) is 3. The minimum absolute atomic E-state index is 0.0365. The lowest BCUT2D eigenvalue weighted by Gasteiger charge is -2.26. The number of phenols is 1. The molecule has 0 aliphatic heterocycles. The van der Waals surface area contributed by atoms with E-state index in [1.54, 1.807) is 12.3 Å². The van der Waals surface area contributed by atoms with Crippen molar-refractivity contribution in [1.82, 2.24) is 5.32 Å². The number of nitrogens with one attached hydrogen (secondary N) is 1. The number of nitrogens with zero attached hydrogens (tertiary/aromatic N) is 1. The molecular formula is C18H27N3O2. The maximum atomic E-state index is 10.9. The number of primary amides is 1. The number of amides is 2. The van der Waals surface area contributed by atoms with Crippen LogP contribution in [-0.2, 0) is 5.41 Å². The number of carbonyl (C=O) groups is 1. The molecule has 0 unspecified atom stereocenters. The summed E-state index contributed by atoms with van der Waals surface area (Å²) in [5, 5.41) is 12.8. The van der Waals surface area contributed by atoms with Crippen molar-refractivity contribution in [3.63, 3.8) is 0 Å². The third kappa shape index (κ3) is 4.98. The van der Waals surface area contributed by atoms with E-state index in [0.717, 1.165) is 31.2 Å². The Morgan fingerprint density at radius 1 is 1.30 bits per heavy atom. The van der Waals surface area contributed by atoms with Crippen molar-refractivity contribution in [2.75, 3.05) is 0 Å². The first-order chi connectivity index (χ1) is 10.8. The average Bonchev–Trinajstić information content (AvgIpc) is 2.46. The molecule has 1 aromatic carbocycles. The molecule has 5 nitrogen and oxygen atoms in total. The van der Waals surface area contributed by atoms with Crippen molar-refractivity contribution in [3.05, 3.63) is 29.3 Å². The first kappa shape index (κ1) is 17.3. The van der Waals surface area contributed by atoms with Crippen LogP contribution in [0, 0.1) is 0 Å². The molecular weight excluding hydrogens is 290 g/mol. The second kappa shape index (κ2) is 7.02. The Balaban J connectivity index is 2.00. The average molecular weight is 317 g/mol. The number of urea groups is 1. The summed E-state index contributed by atoms with van der Waals surface area (Å²) >= 11 is 0. The fourth-order valence-electron chi connectivity index (χ4n) is 2.88. The lowest BCUT2D eigenvalue weighted by Crippen LogP contribution is -2.41. The number of aliphatic imine (C=N–C) groups is 1. The number of phenolic OH excluding ortho intramolecular Hbond substituents is 1. The maximum Gasteiger partial charge on any atom is 0.312 e. The molecule has 0 spiro atoms. The molecule has 1 fully saturated rings. The Morgan fingerprint density at radius 3 is 2.52 bits per heavy atom. The first-order valence-corrected chi connectivity index (χ1v) is 8.18. The molecule has 126 valence electrons. The number of carbonyl (C=O) groups excluding carboxylic acids is 1. The Hall–Kier alpha value is -2.04. The van der Waals surface area contributed by atoms with E-state index in [4.69, 9.17) is 5.73 Å². The Morgan fingerprint density at radius 2 is 1.96 bits per heavy atom. The molecule has 0 heterocycles. The van der Waals surface area contributed by atoms with Crippen LogP contribution in [0.2, 0.25) is 0 Å². The zero-order valence-corrected chi connectivity index (χ0v) is 14.2. The van der Waals surface area contributed by atoms with Gasteiger partial charge in [-0.25, -0.2) is 4.79 Å². The third-order valence-corrected chi connectivity index (χ3v) is 4.36. The Labute approximate surface area is 138 Å². The van der Waals surface area contributed by atoms with Crippen LogP contribution in [0.4, 0.5) is 4.79 Å². The lowest BCUT2D eigenvalue weighted by molar-refractivity contribution is 0.239. The van der Waals surface area contributed by atoms with Gasteiger partial charge in [-0.1, -0.05) is 26.8 Å². The van der Waals surface area contributed by atoms with Gasteiger partial charge in [0.2, 0.25) is 0 Å². The summed E-state index contributed by atoms with van der Waals surface area (Å²) in [6.45, 7) is 6.44. The van der Waals surface area contributed by atoms with Crippen LogP contribution in [0.5, 0.6) is 5.75 Å². The van der Waals surface area contributed by atoms with Gasteiger partial charge in [-0.2, -0.15) is 0 Å². The Bertz CT molecular complexity index is 582. The van der Waals surface area contributed by atoms with Gasteiger partial charge in [0.05, 0.1) is 6.04 Å². The van der Waals surface area contributed by atoms with E-state index < -0.39 is 6.03 Å². The van der Waals surface area contributed by atoms with E-state index in [1.165, 1.54) is 5.56 Å². The zero-order valence-electron chi connectivity index (χ0n) is 14.2. The second-order valence-corrected chi connectivity index (χ2v) is 7.32. The van der Waals surface area contributed by atoms with E-state index >= 15 is 0 Å². The molecule has 2 rings (SSSR count). The van der Waals surface area contributed by atoms with Crippen molar-refractivity contribution >= 4 is 12.2 Å². The van der Waals surface area contributed by atoms with Gasteiger partial charge in [0.15, 0.2) is 0 Å². The van der Waals surface area contributed by atoms with Crippen LogP contribution in [0.15, 0.2) is 23.2 Å². The van der Waals surface area contributed by atoms with Crippen molar-refractivity contribution in [2.24, 2.45) is 10.7 Å². The third-order valence-electron chi connectivity index (χ3n) is 4.36. The zero-order chi connectivity index (χ0) is 17.0. The highest BCUT2D eigenvalue weighted by Crippen LogP contribution is 2.27. The molecule has 0 aromatic heterocycles. The smallest absolute Gasteiger partial charge is 0.312 e. The summed E-state index contributed by atoms with van der Waals surface area (Å²) in [7, 11) is 0. The first-order valence-electron chi connectivity index (χ1n) is 8.18. The summed E-state index contributed by atoms with van der Waals surface area (Å²) in [5.41, 5.74) is 7.12. The molecule has 0 radical (unpaired) electrons. The summed E-state index contributed by atoms with van der Waals surface area (Å²) in [6, 6.07) is 5.62. The van der Waals surface area contributed by atoms with Gasteiger partial charge in [-0.15, -0.1) is 0 Å². The predicted octanol–water partition coefficient (Wildman–Crippen LogP) is 3.09. The van der Waals surface area contributed by atoms with Gasteiger partial charge in [0.1, 0.15) is 5.75 Å². The van der Waals surface area contributed by atoms with Crippen molar-refractivity contribution < 1.29 is 9.90 Å². The quantitative estimate of drug-likeness (QED) is 0.748. The van der Waals surface area contributed by atoms with Crippen molar-refractivity contribution in [2.45, 2.75) is 64.0 Å². The normalized spacial score (nSPS) is 22.2. The highest BCUT2D eigenvalue weighted by atomic mass is 16.3. The highest BCUT2D eigenvalue weighted by Gasteiger charge is 2.21. The molecule has 0 saturated heterocycles. The van der Waals surface area contributed by atoms with Crippen molar-refractivity contribution in [3.8, 4) is 5.75 Å². The fraction of sp³-hybridized carbons (Fsp3) is 0.556. The molecule has 4 N–H and O–H groups in total. The van der Waals surface area contributed by atoms with Crippen LogP contribution in [0.3, 0.4) is 0 Å². The molecule has 2 amide bonds. The van der Waals surface area contributed by atoms with Crippen molar-refractivity contribution in [1.29, 1.82) is 0 Å². The molecule has 1 saturated carbocycles. The molecule has 23 heavy (non-hydrogen) atoms. The van der Waals surface area contributed by atoms with E-state index in [1.807, 2.05) is 12.1 Å². The minimum atomic E-state index is -0.458. The van der Waals surface area contributed by atoms with Gasteiger partial charge < -0.3 is 16.2 Å². The highest BCUT2D eigenvalue weighted by molar-refractivity contribution is 5.84. The fourth-order valence-corrected chi connectivity index (χ4v) is 2.88. The molecule has 0 bridgehead atoms. The number of hydrogen-bond acceptors (Lipinski definition) is 3. The van der Waals surface area contributed by atoms with Crippen LogP contribution < -0.4 is 11.1 Å². The molecule has 1 aliphatic carbocycles. The summed E-state index contributed by atoms with van der Waals surface area (Å²) in [6.07, 6.45) is 5.39. The number of benzene rings is 1. The van der Waals surface area contributed by atoms with Gasteiger partial charge in [0, 0.05) is 17.8 Å². The SMILES string of the molecule is CC(C)(C)c1ccc(O)c(C=NC2CCC(NC(N)=O)CC2)c1. The molecule has 1 aromatic rings. The molecule has 1 aliphatic rings. The van der Waals surface area contributed by atoms with E-state index in [9.17, 15) is 9.90 Å². The summed E-state index contributed by atoms with van der Waals surface area (Å²) in [4.78, 5) is 15.5. The number of nitrogens with two attached hydrogens (primary N) is 1. The predicted molar refractivity (Wildman–Crippen MR) is 93.2 cm³/mol. The summed E-state index contributed by atoms with van der Waals surface area (Å²) < 4.78 is 0. The Kier molecular flexibility index (Phi) is 5.29. The second-order valence-electron chi connectivity index (χ2n) is 7.32. The van der Waals surface area contributed by atoms with Gasteiger partial charge in [-0.05, 0) is 48.8 Å². The maximum absolute atomic E-state index is 10.9. The minimum Gasteiger partial charge on any atom is -0.507 e. The standard InChI is InChI=1S/C18H27N3O2/c1-18(2,3)13-4-9-16(22)12(10-13)11-20-14-5-7-15(8-6-14)21-17(19)23/h4,9-11,14-15,22H,5-8H2,1-3H3,(H3,19,21,23). The van der Waals surface area contributed by atoms with Crippen LogP contribution >= 0.6 is 0 Å². The monoisotopic (exact) mass is 317 g/mol.